The quantitative estimate of drug-likeness (QED) is 0.841. The minimum atomic E-state index is -0.906. The summed E-state index contributed by atoms with van der Waals surface area (Å²) in [4.78, 5) is 27.3. The van der Waals surface area contributed by atoms with E-state index in [0.717, 1.165) is 10.6 Å². The van der Waals surface area contributed by atoms with E-state index in [1.807, 2.05) is 37.3 Å². The second-order valence-corrected chi connectivity index (χ2v) is 5.85. The molecule has 0 fully saturated rings. The monoisotopic (exact) mass is 306 g/mol. The topological polar surface area (TPSA) is 78.8 Å². The molecule has 112 valence electrons. The van der Waals surface area contributed by atoms with Gasteiger partial charge >= 0.3 is 5.97 Å². The summed E-state index contributed by atoms with van der Waals surface area (Å²) < 4.78 is 0. The molecule has 0 saturated heterocycles. The van der Waals surface area contributed by atoms with Gasteiger partial charge in [-0.25, -0.2) is 0 Å². The van der Waals surface area contributed by atoms with Gasteiger partial charge in [-0.1, -0.05) is 37.3 Å². The molecule has 0 radical (unpaired) electrons. The number of nitrogens with zero attached hydrogens (tertiary/aromatic N) is 1. The van der Waals surface area contributed by atoms with Gasteiger partial charge in [-0.15, -0.1) is 11.8 Å². The Balaban J connectivity index is 1.98. The van der Waals surface area contributed by atoms with Crippen LogP contribution in [0.5, 0.6) is 0 Å². The van der Waals surface area contributed by atoms with Gasteiger partial charge in [-0.05, 0) is 6.42 Å². The molecule has 2 unspecified atom stereocenters. The van der Waals surface area contributed by atoms with E-state index in [4.69, 9.17) is 5.11 Å². The third-order valence-electron chi connectivity index (χ3n) is 3.23. The summed E-state index contributed by atoms with van der Waals surface area (Å²) in [6, 6.07) is 8.96. The highest BCUT2D eigenvalue weighted by molar-refractivity contribution is 8.14. The van der Waals surface area contributed by atoms with Crippen LogP contribution in [0.1, 0.15) is 25.3 Å². The molecule has 0 saturated carbocycles. The maximum absolute atomic E-state index is 12.1. The normalized spacial score (nSPS) is 18.9. The van der Waals surface area contributed by atoms with E-state index in [1.165, 1.54) is 0 Å². The lowest BCUT2D eigenvalue weighted by molar-refractivity contribution is -0.137. The van der Waals surface area contributed by atoms with Crippen molar-refractivity contribution < 1.29 is 14.7 Å². The van der Waals surface area contributed by atoms with Crippen LogP contribution in [0.3, 0.4) is 0 Å². The lowest BCUT2D eigenvalue weighted by Gasteiger charge is -2.16. The van der Waals surface area contributed by atoms with E-state index in [-0.39, 0.29) is 18.4 Å². The number of aliphatic carboxylic acids is 1. The largest absolute Gasteiger partial charge is 0.481 e. The molecule has 5 nitrogen and oxygen atoms in total. The molecule has 21 heavy (non-hydrogen) atoms. The summed E-state index contributed by atoms with van der Waals surface area (Å²) in [6.45, 7) is 1.86. The Morgan fingerprint density at radius 3 is 2.76 bits per heavy atom. The van der Waals surface area contributed by atoms with Crippen LogP contribution in [0.4, 0.5) is 0 Å². The number of nitrogens with one attached hydrogen (secondary N) is 1. The molecular formula is C15H18N2O3S. The predicted octanol–water partition coefficient (Wildman–Crippen LogP) is 1.92. The molecule has 1 aliphatic heterocycles. The van der Waals surface area contributed by atoms with Crippen LogP contribution in [-0.4, -0.2) is 39.9 Å². The first kappa shape index (κ1) is 15.6. The number of amides is 1. The Morgan fingerprint density at radius 1 is 1.43 bits per heavy atom. The zero-order valence-electron chi connectivity index (χ0n) is 11.8. The number of rotatable bonds is 6. The standard InChI is InChI=1S/C15H18N2O3S/c1-2-11(8-13(18)19)16-14(20)12-9-21-15(17-12)10-6-4-3-5-7-10/h3-7,11-12H,2,8-9H2,1H3,(H,16,20)(H,18,19). The number of carboxylic acid groups (broad SMARTS) is 1. The van der Waals surface area contributed by atoms with Crippen molar-refractivity contribution in [2.75, 3.05) is 5.75 Å². The van der Waals surface area contributed by atoms with Crippen LogP contribution >= 0.6 is 11.8 Å². The van der Waals surface area contributed by atoms with Gasteiger partial charge in [0.15, 0.2) is 0 Å². The molecule has 6 heteroatoms. The summed E-state index contributed by atoms with van der Waals surface area (Å²) in [5, 5.41) is 12.4. The van der Waals surface area contributed by atoms with E-state index >= 15 is 0 Å². The van der Waals surface area contributed by atoms with Gasteiger partial charge in [0.25, 0.3) is 0 Å². The molecular weight excluding hydrogens is 288 g/mol. The van der Waals surface area contributed by atoms with Crippen LogP contribution in [0.2, 0.25) is 0 Å². The third-order valence-corrected chi connectivity index (χ3v) is 4.33. The maximum Gasteiger partial charge on any atom is 0.305 e. The number of carbonyl (C=O) groups excluding carboxylic acids is 1. The smallest absolute Gasteiger partial charge is 0.305 e. The summed E-state index contributed by atoms with van der Waals surface area (Å²) in [7, 11) is 0. The Hall–Kier alpha value is -1.82. The molecule has 2 atom stereocenters. The first-order chi connectivity index (χ1) is 10.1. The average molecular weight is 306 g/mol. The summed E-state index contributed by atoms with van der Waals surface area (Å²) >= 11 is 1.55. The first-order valence-electron chi connectivity index (χ1n) is 6.88. The number of benzene rings is 1. The molecule has 1 heterocycles. The van der Waals surface area contributed by atoms with Crippen molar-refractivity contribution >= 4 is 28.7 Å². The summed E-state index contributed by atoms with van der Waals surface area (Å²) in [5.74, 6) is -0.502. The molecule has 0 bridgehead atoms. The summed E-state index contributed by atoms with van der Waals surface area (Å²) in [5.41, 5.74) is 1.01. The molecule has 1 aliphatic rings. The van der Waals surface area contributed by atoms with Crippen molar-refractivity contribution in [3.05, 3.63) is 35.9 Å². The van der Waals surface area contributed by atoms with Crippen LogP contribution in [0, 0.1) is 0 Å². The number of hydrogen-bond donors (Lipinski definition) is 2. The van der Waals surface area contributed by atoms with Gasteiger partial charge in [0.1, 0.15) is 6.04 Å². The van der Waals surface area contributed by atoms with Crippen LogP contribution in [0.15, 0.2) is 35.3 Å². The fourth-order valence-electron chi connectivity index (χ4n) is 2.05. The average Bonchev–Trinajstić information content (AvgIpc) is 2.97. The molecule has 2 rings (SSSR count). The van der Waals surface area contributed by atoms with Gasteiger partial charge in [-0.3, -0.25) is 14.6 Å². The lowest BCUT2D eigenvalue weighted by Crippen LogP contribution is -2.41. The number of hydrogen-bond acceptors (Lipinski definition) is 4. The molecule has 0 spiro atoms. The van der Waals surface area contributed by atoms with Crippen molar-refractivity contribution in [2.45, 2.75) is 31.8 Å². The van der Waals surface area contributed by atoms with Crippen molar-refractivity contribution in [3.63, 3.8) is 0 Å². The van der Waals surface area contributed by atoms with Gasteiger partial charge in [-0.2, -0.15) is 0 Å². The first-order valence-corrected chi connectivity index (χ1v) is 7.87. The zero-order valence-corrected chi connectivity index (χ0v) is 12.6. The number of carboxylic acids is 1. The molecule has 0 aliphatic carbocycles. The Labute approximate surface area is 127 Å². The fourth-order valence-corrected chi connectivity index (χ4v) is 3.10. The highest BCUT2D eigenvalue weighted by Crippen LogP contribution is 2.23. The molecule has 1 aromatic carbocycles. The van der Waals surface area contributed by atoms with E-state index in [1.54, 1.807) is 11.8 Å². The van der Waals surface area contributed by atoms with Crippen molar-refractivity contribution in [3.8, 4) is 0 Å². The lowest BCUT2D eigenvalue weighted by atomic mass is 10.1. The molecule has 2 N–H and O–H groups in total. The van der Waals surface area contributed by atoms with Crippen molar-refractivity contribution in [1.29, 1.82) is 0 Å². The fraction of sp³-hybridized carbons (Fsp3) is 0.400. The molecule has 1 aromatic rings. The van der Waals surface area contributed by atoms with E-state index in [0.29, 0.717) is 12.2 Å². The second-order valence-electron chi connectivity index (χ2n) is 4.84. The van der Waals surface area contributed by atoms with E-state index in [9.17, 15) is 9.59 Å². The minimum absolute atomic E-state index is 0.0582. The highest BCUT2D eigenvalue weighted by atomic mass is 32.2. The Morgan fingerprint density at radius 2 is 2.14 bits per heavy atom. The van der Waals surface area contributed by atoms with Crippen molar-refractivity contribution in [1.82, 2.24) is 5.32 Å². The van der Waals surface area contributed by atoms with Gasteiger partial charge in [0.2, 0.25) is 5.91 Å². The van der Waals surface area contributed by atoms with Gasteiger partial charge in [0, 0.05) is 17.4 Å². The number of aliphatic imine (C=N–C) groups is 1. The van der Waals surface area contributed by atoms with Crippen LogP contribution < -0.4 is 5.32 Å². The van der Waals surface area contributed by atoms with Crippen molar-refractivity contribution in [2.24, 2.45) is 4.99 Å². The summed E-state index contributed by atoms with van der Waals surface area (Å²) in [6.07, 6.45) is 0.532. The van der Waals surface area contributed by atoms with Gasteiger partial charge < -0.3 is 10.4 Å². The van der Waals surface area contributed by atoms with E-state index in [2.05, 4.69) is 10.3 Å². The maximum atomic E-state index is 12.1. The zero-order chi connectivity index (χ0) is 15.2. The molecule has 1 amide bonds. The third kappa shape index (κ3) is 4.32. The minimum Gasteiger partial charge on any atom is -0.481 e. The number of carbonyl (C=O) groups is 2. The van der Waals surface area contributed by atoms with Crippen LogP contribution in [0.25, 0.3) is 0 Å². The Bertz CT molecular complexity index is 545. The predicted molar refractivity (Wildman–Crippen MR) is 83.7 cm³/mol. The highest BCUT2D eigenvalue weighted by Gasteiger charge is 2.27. The molecule has 0 aromatic heterocycles. The Kier molecular flexibility index (Phi) is 5.38. The van der Waals surface area contributed by atoms with Gasteiger partial charge in [0.05, 0.1) is 11.5 Å². The number of thioether (sulfide) groups is 1. The second kappa shape index (κ2) is 7.26. The van der Waals surface area contributed by atoms with E-state index < -0.39 is 12.0 Å². The SMILES string of the molecule is CCC(CC(=O)O)NC(=O)C1CSC(c2ccccc2)=N1. The van der Waals surface area contributed by atoms with Crippen LogP contribution in [-0.2, 0) is 9.59 Å².